The molecule has 1 aromatic rings. The third-order valence-electron chi connectivity index (χ3n) is 2.81. The van der Waals surface area contributed by atoms with Crippen molar-refractivity contribution < 1.29 is 4.79 Å². The van der Waals surface area contributed by atoms with E-state index in [2.05, 4.69) is 4.98 Å². The number of thiazole rings is 1. The van der Waals surface area contributed by atoms with Gasteiger partial charge in [0.1, 0.15) is 0 Å². The summed E-state index contributed by atoms with van der Waals surface area (Å²) >= 11 is 1.43. The number of likely N-dealkylation sites (tertiary alicyclic amines) is 1. The lowest BCUT2D eigenvalue weighted by atomic mass is 10.0. The van der Waals surface area contributed by atoms with Gasteiger partial charge in [-0.1, -0.05) is 6.08 Å². The van der Waals surface area contributed by atoms with Crippen molar-refractivity contribution in [3.8, 4) is 0 Å². The van der Waals surface area contributed by atoms with Crippen LogP contribution in [-0.4, -0.2) is 28.9 Å². The number of carbonyl (C=O) groups excluding carboxylic acids is 1. The van der Waals surface area contributed by atoms with Crippen molar-refractivity contribution in [1.29, 1.82) is 0 Å². The van der Waals surface area contributed by atoms with Crippen LogP contribution in [0.15, 0.2) is 11.5 Å². The van der Waals surface area contributed by atoms with Gasteiger partial charge < -0.3 is 10.6 Å². The van der Waals surface area contributed by atoms with Crippen molar-refractivity contribution in [3.05, 3.63) is 17.2 Å². The van der Waals surface area contributed by atoms with Crippen LogP contribution in [0.3, 0.4) is 0 Å². The molecule has 0 saturated carbocycles. The van der Waals surface area contributed by atoms with Gasteiger partial charge in [-0.3, -0.25) is 4.79 Å². The number of nitrogens with zero attached hydrogens (tertiary/aromatic N) is 2. The fourth-order valence-corrected chi connectivity index (χ4v) is 2.36. The van der Waals surface area contributed by atoms with E-state index >= 15 is 0 Å². The van der Waals surface area contributed by atoms with Gasteiger partial charge in [0.25, 0.3) is 0 Å². The Morgan fingerprint density at radius 2 is 2.50 bits per heavy atom. The fourth-order valence-electron chi connectivity index (χ4n) is 1.83. The molecular weight excluding hydrogens is 222 g/mol. The maximum atomic E-state index is 11.5. The van der Waals surface area contributed by atoms with Crippen LogP contribution >= 0.6 is 11.3 Å². The Kier molecular flexibility index (Phi) is 3.24. The molecule has 2 rings (SSSR count). The van der Waals surface area contributed by atoms with Gasteiger partial charge in [0, 0.05) is 18.8 Å². The number of piperidine rings is 1. The number of hydrogen-bond donors (Lipinski definition) is 1. The monoisotopic (exact) mass is 237 g/mol. The summed E-state index contributed by atoms with van der Waals surface area (Å²) in [6.07, 6.45) is 6.64. The Hall–Kier alpha value is -1.36. The van der Waals surface area contributed by atoms with Crippen molar-refractivity contribution in [1.82, 2.24) is 9.88 Å². The molecule has 5 heteroatoms. The van der Waals surface area contributed by atoms with Gasteiger partial charge in [-0.05, 0) is 18.9 Å². The normalized spacial score (nSPS) is 21.9. The summed E-state index contributed by atoms with van der Waals surface area (Å²) in [5, 5.41) is 2.49. The van der Waals surface area contributed by atoms with Gasteiger partial charge in [-0.2, -0.15) is 0 Å². The molecule has 1 aliphatic heterocycles. The second kappa shape index (κ2) is 4.65. The summed E-state index contributed by atoms with van der Waals surface area (Å²) in [6.45, 7) is 0. The molecule has 0 spiro atoms. The highest BCUT2D eigenvalue weighted by atomic mass is 32.1. The van der Waals surface area contributed by atoms with E-state index in [1.807, 2.05) is 24.6 Å². The van der Waals surface area contributed by atoms with Crippen LogP contribution in [0.1, 0.15) is 25.0 Å². The van der Waals surface area contributed by atoms with E-state index in [1.165, 1.54) is 11.3 Å². The van der Waals surface area contributed by atoms with Crippen LogP contribution in [0.2, 0.25) is 0 Å². The second-order valence-electron chi connectivity index (χ2n) is 3.93. The summed E-state index contributed by atoms with van der Waals surface area (Å²) < 4.78 is 0. The molecule has 0 bridgehead atoms. The number of carbonyl (C=O) groups is 1. The van der Waals surface area contributed by atoms with E-state index in [4.69, 9.17) is 5.73 Å². The first-order chi connectivity index (χ1) is 7.66. The summed E-state index contributed by atoms with van der Waals surface area (Å²) in [5.74, 6) is 0.221. The number of anilines is 1. The van der Waals surface area contributed by atoms with Crippen molar-refractivity contribution >= 4 is 28.5 Å². The molecule has 16 heavy (non-hydrogen) atoms. The first kappa shape index (κ1) is 11.1. The third kappa shape index (κ3) is 2.41. The van der Waals surface area contributed by atoms with Crippen LogP contribution in [-0.2, 0) is 4.79 Å². The topological polar surface area (TPSA) is 59.2 Å². The Bertz CT molecular complexity index is 413. The Morgan fingerprint density at radius 3 is 3.19 bits per heavy atom. The van der Waals surface area contributed by atoms with Crippen LogP contribution < -0.4 is 5.73 Å². The average Bonchev–Trinajstić information content (AvgIpc) is 2.67. The number of nitrogens with two attached hydrogens (primary N) is 1. The molecule has 1 atom stereocenters. The molecule has 86 valence electrons. The predicted octanol–water partition coefficient (Wildman–Crippen LogP) is 1.75. The number of amides is 1. The van der Waals surface area contributed by atoms with E-state index in [1.54, 1.807) is 4.90 Å². The van der Waals surface area contributed by atoms with E-state index in [0.29, 0.717) is 11.6 Å². The minimum atomic E-state index is 0.198. The zero-order chi connectivity index (χ0) is 11.5. The molecule has 4 nitrogen and oxygen atoms in total. The van der Waals surface area contributed by atoms with Gasteiger partial charge in [0.05, 0.1) is 11.7 Å². The number of likely N-dealkylation sites (N-methyl/N-ethyl adjacent to an activating group) is 1. The molecule has 0 aliphatic carbocycles. The molecule has 0 aromatic carbocycles. The van der Waals surface area contributed by atoms with E-state index < -0.39 is 0 Å². The standard InChI is InChI=1S/C11H15N3OS/c1-14-9(3-2-4-10(14)15)6-5-8-7-16-11(12)13-8/h5-7,9H,2-4H2,1H3,(H2,12,13)/b6-5+. The molecular formula is C11H15N3OS. The van der Waals surface area contributed by atoms with Gasteiger partial charge in [0.15, 0.2) is 5.13 Å². The lowest BCUT2D eigenvalue weighted by Gasteiger charge is -2.30. The highest BCUT2D eigenvalue weighted by molar-refractivity contribution is 7.13. The highest BCUT2D eigenvalue weighted by Gasteiger charge is 2.22. The Balaban J connectivity index is 2.03. The largest absolute Gasteiger partial charge is 0.375 e. The summed E-state index contributed by atoms with van der Waals surface area (Å²) in [4.78, 5) is 17.4. The van der Waals surface area contributed by atoms with Crippen LogP contribution in [0.25, 0.3) is 6.08 Å². The molecule has 1 fully saturated rings. The highest BCUT2D eigenvalue weighted by Crippen LogP contribution is 2.19. The number of rotatable bonds is 2. The number of aromatic nitrogens is 1. The zero-order valence-corrected chi connectivity index (χ0v) is 10.0. The van der Waals surface area contributed by atoms with Gasteiger partial charge in [0.2, 0.25) is 5.91 Å². The SMILES string of the molecule is CN1C(=O)CCCC1/C=C/c1csc(N)n1. The van der Waals surface area contributed by atoms with Gasteiger partial charge >= 0.3 is 0 Å². The molecule has 0 radical (unpaired) electrons. The Morgan fingerprint density at radius 1 is 1.69 bits per heavy atom. The van der Waals surface area contributed by atoms with Crippen LogP contribution in [0.5, 0.6) is 0 Å². The molecule has 1 saturated heterocycles. The summed E-state index contributed by atoms with van der Waals surface area (Å²) in [6, 6.07) is 0.198. The fraction of sp³-hybridized carbons (Fsp3) is 0.455. The van der Waals surface area contributed by atoms with Crippen LogP contribution in [0, 0.1) is 0 Å². The van der Waals surface area contributed by atoms with E-state index in [-0.39, 0.29) is 11.9 Å². The number of hydrogen-bond acceptors (Lipinski definition) is 4. The molecule has 1 unspecified atom stereocenters. The summed E-state index contributed by atoms with van der Waals surface area (Å²) in [7, 11) is 1.85. The zero-order valence-electron chi connectivity index (χ0n) is 9.22. The summed E-state index contributed by atoms with van der Waals surface area (Å²) in [5.41, 5.74) is 6.42. The lowest BCUT2D eigenvalue weighted by molar-refractivity contribution is -0.133. The average molecular weight is 237 g/mol. The van der Waals surface area contributed by atoms with Crippen molar-refractivity contribution in [2.24, 2.45) is 0 Å². The van der Waals surface area contributed by atoms with Crippen molar-refractivity contribution in [2.45, 2.75) is 25.3 Å². The van der Waals surface area contributed by atoms with Crippen LogP contribution in [0.4, 0.5) is 5.13 Å². The molecule has 2 N–H and O–H groups in total. The second-order valence-corrected chi connectivity index (χ2v) is 4.82. The molecule has 1 amide bonds. The van der Waals surface area contributed by atoms with Crippen molar-refractivity contribution in [2.75, 3.05) is 12.8 Å². The minimum Gasteiger partial charge on any atom is -0.375 e. The van der Waals surface area contributed by atoms with Gasteiger partial charge in [-0.25, -0.2) is 4.98 Å². The number of nitrogen functional groups attached to an aromatic ring is 1. The molecule has 1 aromatic heterocycles. The first-order valence-electron chi connectivity index (χ1n) is 5.31. The maximum Gasteiger partial charge on any atom is 0.222 e. The van der Waals surface area contributed by atoms with E-state index in [9.17, 15) is 4.79 Å². The molecule has 1 aliphatic rings. The lowest BCUT2D eigenvalue weighted by Crippen LogP contribution is -2.39. The van der Waals surface area contributed by atoms with Gasteiger partial charge in [-0.15, -0.1) is 11.3 Å². The predicted molar refractivity (Wildman–Crippen MR) is 66.0 cm³/mol. The maximum absolute atomic E-state index is 11.5. The van der Waals surface area contributed by atoms with Crippen molar-refractivity contribution in [3.63, 3.8) is 0 Å². The smallest absolute Gasteiger partial charge is 0.222 e. The minimum absolute atomic E-state index is 0.198. The Labute approximate surface area is 98.8 Å². The first-order valence-corrected chi connectivity index (χ1v) is 6.19. The molecule has 2 heterocycles. The van der Waals surface area contributed by atoms with E-state index in [0.717, 1.165) is 18.5 Å². The quantitative estimate of drug-likeness (QED) is 0.852. The third-order valence-corrected chi connectivity index (χ3v) is 3.50.